The van der Waals surface area contributed by atoms with Crippen molar-refractivity contribution < 1.29 is 28.9 Å². The molecule has 2 N–H and O–H groups in total. The maximum absolute atomic E-state index is 14.0. The van der Waals surface area contributed by atoms with Gasteiger partial charge in [0.1, 0.15) is 18.2 Å². The second-order valence-corrected chi connectivity index (χ2v) is 11.2. The Hall–Kier alpha value is -4.45. The molecule has 4 rings (SSSR count). The lowest BCUT2D eigenvalue weighted by molar-refractivity contribution is -0.142. The Bertz CT molecular complexity index is 1530. The van der Waals surface area contributed by atoms with Crippen LogP contribution in [0.3, 0.4) is 0 Å². The standard InChI is InChI=1S/C37H39FO5/c1-24-25(2)35(43-23-28-14-8-5-9-15-28)34(26(3)33(24)37(41)42)32(29-18-20-31(38)21-19-29)17-11-10-16-30(36(39)40)22-27-12-6-4-7-13-27/h4-9,12-15,18-21,30,32H,10-11,16-17,22-23H2,1-3H3,(H,39,40)(H,41,42). The van der Waals surface area contributed by atoms with Crippen LogP contribution < -0.4 is 4.74 Å². The van der Waals surface area contributed by atoms with Crippen molar-refractivity contribution in [2.24, 2.45) is 5.92 Å². The molecule has 0 bridgehead atoms. The van der Waals surface area contributed by atoms with Crippen LogP contribution in [0, 0.1) is 32.5 Å². The predicted octanol–water partition coefficient (Wildman–Crippen LogP) is 8.66. The van der Waals surface area contributed by atoms with Crippen LogP contribution in [-0.2, 0) is 17.8 Å². The van der Waals surface area contributed by atoms with Crippen LogP contribution in [-0.4, -0.2) is 22.2 Å². The van der Waals surface area contributed by atoms with E-state index in [1.807, 2.05) is 74.5 Å². The SMILES string of the molecule is Cc1c(C)c(C(=O)O)c(C)c(C(CCCCC(Cc2ccccc2)C(=O)O)c2ccc(F)cc2)c1OCc1ccccc1. The minimum Gasteiger partial charge on any atom is -0.488 e. The van der Waals surface area contributed by atoms with Gasteiger partial charge in [-0.25, -0.2) is 9.18 Å². The van der Waals surface area contributed by atoms with E-state index in [0.717, 1.165) is 27.8 Å². The van der Waals surface area contributed by atoms with Crippen LogP contribution in [0.1, 0.15) is 80.9 Å². The number of ether oxygens (including phenoxy) is 1. The van der Waals surface area contributed by atoms with Crippen LogP contribution in [0.2, 0.25) is 0 Å². The second kappa shape index (κ2) is 14.6. The Labute approximate surface area is 253 Å². The summed E-state index contributed by atoms with van der Waals surface area (Å²) in [6.07, 6.45) is 2.98. The van der Waals surface area contributed by atoms with Crippen molar-refractivity contribution in [3.63, 3.8) is 0 Å². The molecule has 0 aliphatic carbocycles. The summed E-state index contributed by atoms with van der Waals surface area (Å²) in [5.41, 5.74) is 5.90. The average molecular weight is 583 g/mol. The minimum absolute atomic E-state index is 0.250. The topological polar surface area (TPSA) is 83.8 Å². The summed E-state index contributed by atoms with van der Waals surface area (Å²) >= 11 is 0. The fourth-order valence-corrected chi connectivity index (χ4v) is 5.93. The maximum atomic E-state index is 14.0. The van der Waals surface area contributed by atoms with E-state index in [2.05, 4.69) is 0 Å². The van der Waals surface area contributed by atoms with Crippen LogP contribution in [0.5, 0.6) is 5.75 Å². The molecule has 2 atom stereocenters. The van der Waals surface area contributed by atoms with E-state index in [1.165, 1.54) is 12.1 Å². The fraction of sp³-hybridized carbons (Fsp3) is 0.297. The first-order chi connectivity index (χ1) is 20.7. The molecule has 4 aromatic rings. The first-order valence-corrected chi connectivity index (χ1v) is 14.7. The Balaban J connectivity index is 1.67. The van der Waals surface area contributed by atoms with Crippen molar-refractivity contribution in [2.75, 3.05) is 0 Å². The van der Waals surface area contributed by atoms with E-state index in [4.69, 9.17) is 4.74 Å². The number of hydrogen-bond acceptors (Lipinski definition) is 3. The lowest BCUT2D eigenvalue weighted by atomic mass is 9.80. The van der Waals surface area contributed by atoms with Gasteiger partial charge in [0.25, 0.3) is 0 Å². The van der Waals surface area contributed by atoms with Crippen molar-refractivity contribution in [2.45, 2.75) is 65.4 Å². The summed E-state index contributed by atoms with van der Waals surface area (Å²) in [7, 11) is 0. The maximum Gasteiger partial charge on any atom is 0.336 e. The summed E-state index contributed by atoms with van der Waals surface area (Å²) < 4.78 is 20.5. The second-order valence-electron chi connectivity index (χ2n) is 11.2. The molecule has 224 valence electrons. The van der Waals surface area contributed by atoms with Crippen LogP contribution in [0.25, 0.3) is 0 Å². The van der Waals surface area contributed by atoms with Gasteiger partial charge in [-0.1, -0.05) is 85.6 Å². The molecule has 4 aromatic carbocycles. The molecule has 0 aliphatic rings. The van der Waals surface area contributed by atoms with E-state index in [1.54, 1.807) is 19.1 Å². The Kier molecular flexibility index (Phi) is 10.7. The number of aromatic carboxylic acids is 1. The predicted molar refractivity (Wildman–Crippen MR) is 166 cm³/mol. The zero-order chi connectivity index (χ0) is 30.9. The number of carboxylic acid groups (broad SMARTS) is 2. The first-order valence-electron chi connectivity index (χ1n) is 14.7. The average Bonchev–Trinajstić information content (AvgIpc) is 2.99. The number of halogens is 1. The van der Waals surface area contributed by atoms with Crippen molar-refractivity contribution >= 4 is 11.9 Å². The van der Waals surface area contributed by atoms with Crippen LogP contribution >= 0.6 is 0 Å². The molecule has 0 aromatic heterocycles. The third-order valence-electron chi connectivity index (χ3n) is 8.33. The molecular formula is C37H39FO5. The highest BCUT2D eigenvalue weighted by atomic mass is 19.1. The lowest BCUT2D eigenvalue weighted by Gasteiger charge is -2.27. The number of hydrogen-bond donors (Lipinski definition) is 2. The van der Waals surface area contributed by atoms with E-state index in [0.29, 0.717) is 55.6 Å². The highest BCUT2D eigenvalue weighted by Gasteiger charge is 2.28. The van der Waals surface area contributed by atoms with Crippen molar-refractivity contribution in [3.8, 4) is 5.75 Å². The Morgan fingerprint density at radius 2 is 1.33 bits per heavy atom. The Morgan fingerprint density at radius 3 is 1.91 bits per heavy atom. The van der Waals surface area contributed by atoms with Gasteiger partial charge in [0.2, 0.25) is 0 Å². The summed E-state index contributed by atoms with van der Waals surface area (Å²) in [4.78, 5) is 24.5. The van der Waals surface area contributed by atoms with Gasteiger partial charge in [-0.15, -0.1) is 0 Å². The fourth-order valence-electron chi connectivity index (χ4n) is 5.93. The molecular weight excluding hydrogens is 543 g/mol. The molecule has 6 heteroatoms. The molecule has 0 fully saturated rings. The molecule has 0 aliphatic heterocycles. The van der Waals surface area contributed by atoms with Crippen molar-refractivity contribution in [3.05, 3.63) is 135 Å². The van der Waals surface area contributed by atoms with Crippen molar-refractivity contribution in [1.29, 1.82) is 0 Å². The molecule has 5 nitrogen and oxygen atoms in total. The third kappa shape index (κ3) is 7.89. The van der Waals surface area contributed by atoms with E-state index >= 15 is 0 Å². The number of benzene rings is 4. The smallest absolute Gasteiger partial charge is 0.336 e. The zero-order valence-corrected chi connectivity index (χ0v) is 25.0. The van der Waals surface area contributed by atoms with Gasteiger partial charge in [0.15, 0.2) is 0 Å². The Morgan fingerprint density at radius 1 is 0.744 bits per heavy atom. The number of aliphatic carboxylic acids is 1. The summed E-state index contributed by atoms with van der Waals surface area (Å²) in [6, 6.07) is 25.7. The molecule has 43 heavy (non-hydrogen) atoms. The molecule has 0 saturated heterocycles. The largest absolute Gasteiger partial charge is 0.488 e. The van der Waals surface area contributed by atoms with Gasteiger partial charge >= 0.3 is 11.9 Å². The molecule has 0 spiro atoms. The number of carbonyl (C=O) groups is 2. The van der Waals surface area contributed by atoms with Gasteiger partial charge in [0.05, 0.1) is 11.5 Å². The molecule has 0 heterocycles. The molecule has 2 unspecified atom stereocenters. The highest BCUT2D eigenvalue weighted by molar-refractivity contribution is 5.93. The molecule has 0 saturated carbocycles. The van der Waals surface area contributed by atoms with Gasteiger partial charge in [0, 0.05) is 11.5 Å². The lowest BCUT2D eigenvalue weighted by Crippen LogP contribution is -2.17. The van der Waals surface area contributed by atoms with Gasteiger partial charge in [-0.3, -0.25) is 4.79 Å². The van der Waals surface area contributed by atoms with Gasteiger partial charge in [-0.2, -0.15) is 0 Å². The summed E-state index contributed by atoms with van der Waals surface area (Å²) in [5.74, 6) is -2.30. The third-order valence-corrected chi connectivity index (χ3v) is 8.33. The minimum atomic E-state index is -1.00. The normalized spacial score (nSPS) is 12.5. The number of unbranched alkanes of at least 4 members (excludes halogenated alkanes) is 1. The van der Waals surface area contributed by atoms with Crippen LogP contribution in [0.4, 0.5) is 4.39 Å². The zero-order valence-electron chi connectivity index (χ0n) is 25.0. The number of rotatable bonds is 14. The van der Waals surface area contributed by atoms with Gasteiger partial charge < -0.3 is 14.9 Å². The van der Waals surface area contributed by atoms with E-state index < -0.39 is 17.9 Å². The summed E-state index contributed by atoms with van der Waals surface area (Å²) in [6.45, 7) is 5.82. The van der Waals surface area contributed by atoms with Gasteiger partial charge in [-0.05, 0) is 85.5 Å². The van der Waals surface area contributed by atoms with E-state index in [-0.39, 0.29) is 17.3 Å². The monoisotopic (exact) mass is 582 g/mol. The quantitative estimate of drug-likeness (QED) is 0.145. The number of carboxylic acids is 2. The molecule has 0 amide bonds. The first kappa shape index (κ1) is 31.5. The highest BCUT2D eigenvalue weighted by Crippen LogP contribution is 2.43. The summed E-state index contributed by atoms with van der Waals surface area (Å²) in [5, 5.41) is 20.1. The van der Waals surface area contributed by atoms with Crippen molar-refractivity contribution in [1.82, 2.24) is 0 Å². The van der Waals surface area contributed by atoms with Crippen LogP contribution in [0.15, 0.2) is 84.9 Å². The molecule has 0 radical (unpaired) electrons. The van der Waals surface area contributed by atoms with E-state index in [9.17, 15) is 24.2 Å².